The molecule has 5 rings (SSSR count). The Morgan fingerprint density at radius 2 is 1.76 bits per heavy atom. The summed E-state index contributed by atoms with van der Waals surface area (Å²) in [5.74, 6) is -2.65. The van der Waals surface area contributed by atoms with Crippen LogP contribution in [0.3, 0.4) is 0 Å². The standard InChI is InChI=1S/C22H26N6O2.C2HF3O2/c29-19(18-13-24-8-9-25-18)28-10-4-21(5-11-28)15-27(14-17-2-1-6-23-12-17)16-22(21)3-7-26-20(22)30;3-2(4,5)1(6)7/h1-2,6,8-9,12-13H,3-5,7,10-11,14-16H2,(H,26,30);(H,6,7). The highest BCUT2D eigenvalue weighted by Gasteiger charge is 2.63. The summed E-state index contributed by atoms with van der Waals surface area (Å²) in [4.78, 5) is 51.4. The van der Waals surface area contributed by atoms with Crippen LogP contribution in [0, 0.1) is 10.8 Å². The average Bonchev–Trinajstić information content (AvgIpc) is 3.40. The fourth-order valence-electron chi connectivity index (χ4n) is 5.72. The maximum absolute atomic E-state index is 13.1. The Morgan fingerprint density at radius 3 is 2.30 bits per heavy atom. The average molecular weight is 521 g/mol. The number of aliphatic carboxylic acids is 1. The predicted octanol–water partition coefficient (Wildman–Crippen LogP) is 1.75. The number of halogens is 3. The third kappa shape index (κ3) is 5.41. The van der Waals surface area contributed by atoms with Crippen molar-refractivity contribution >= 4 is 17.8 Å². The van der Waals surface area contributed by atoms with Gasteiger partial charge in [-0.2, -0.15) is 13.2 Å². The van der Waals surface area contributed by atoms with Gasteiger partial charge < -0.3 is 15.3 Å². The minimum Gasteiger partial charge on any atom is -0.475 e. The SMILES string of the molecule is O=C(O)C(F)(F)F.O=C(c1cnccn1)N1CCC2(CC1)CN(Cc1cccnc1)CC21CCNC1=O. The van der Waals surface area contributed by atoms with Gasteiger partial charge in [-0.15, -0.1) is 0 Å². The first kappa shape index (κ1) is 26.5. The number of carboxylic acid groups (broad SMARTS) is 1. The molecule has 37 heavy (non-hydrogen) atoms. The van der Waals surface area contributed by atoms with E-state index in [0.717, 1.165) is 45.4 Å². The summed E-state index contributed by atoms with van der Waals surface area (Å²) in [7, 11) is 0. The molecule has 13 heteroatoms. The molecule has 0 radical (unpaired) electrons. The number of fused-ring (bicyclic) bond motifs is 1. The second-order valence-electron chi connectivity index (χ2n) is 9.56. The normalized spacial score (nSPS) is 23.0. The van der Waals surface area contributed by atoms with E-state index >= 15 is 0 Å². The van der Waals surface area contributed by atoms with Crippen molar-refractivity contribution in [2.75, 3.05) is 32.7 Å². The molecule has 5 heterocycles. The molecule has 0 aliphatic carbocycles. The number of piperidine rings is 1. The van der Waals surface area contributed by atoms with Crippen LogP contribution >= 0.6 is 0 Å². The largest absolute Gasteiger partial charge is 0.490 e. The van der Waals surface area contributed by atoms with E-state index in [2.05, 4.69) is 31.2 Å². The maximum atomic E-state index is 13.1. The van der Waals surface area contributed by atoms with Gasteiger partial charge in [-0.25, -0.2) is 9.78 Å². The molecule has 0 bridgehead atoms. The van der Waals surface area contributed by atoms with Crippen molar-refractivity contribution in [2.24, 2.45) is 10.8 Å². The van der Waals surface area contributed by atoms with Crippen LogP contribution in [0.4, 0.5) is 13.2 Å². The molecule has 10 nitrogen and oxygen atoms in total. The van der Waals surface area contributed by atoms with E-state index in [9.17, 15) is 22.8 Å². The summed E-state index contributed by atoms with van der Waals surface area (Å²) in [6.07, 6.45) is 5.76. The molecule has 2 aromatic heterocycles. The number of pyridine rings is 1. The van der Waals surface area contributed by atoms with Gasteiger partial charge in [-0.05, 0) is 30.9 Å². The van der Waals surface area contributed by atoms with E-state index in [-0.39, 0.29) is 22.6 Å². The quantitative estimate of drug-likeness (QED) is 0.627. The zero-order valence-corrected chi connectivity index (χ0v) is 19.9. The smallest absolute Gasteiger partial charge is 0.475 e. The van der Waals surface area contributed by atoms with Gasteiger partial charge in [0.2, 0.25) is 5.91 Å². The van der Waals surface area contributed by atoms with E-state index < -0.39 is 12.1 Å². The molecule has 3 aliphatic heterocycles. The number of hydrogen-bond acceptors (Lipinski definition) is 7. The third-order valence-electron chi connectivity index (χ3n) is 7.47. The number of aromatic nitrogens is 3. The van der Waals surface area contributed by atoms with Crippen LogP contribution in [0.25, 0.3) is 0 Å². The summed E-state index contributed by atoms with van der Waals surface area (Å²) in [6, 6.07) is 4.04. The molecule has 0 saturated carbocycles. The summed E-state index contributed by atoms with van der Waals surface area (Å²) < 4.78 is 31.7. The molecule has 3 fully saturated rings. The first-order valence-electron chi connectivity index (χ1n) is 11.8. The highest BCUT2D eigenvalue weighted by Crippen LogP contribution is 2.56. The molecule has 2 N–H and O–H groups in total. The topological polar surface area (TPSA) is 129 Å². The van der Waals surface area contributed by atoms with Gasteiger partial charge in [0.25, 0.3) is 5.91 Å². The second kappa shape index (κ2) is 10.4. The molecular weight excluding hydrogens is 493 g/mol. The number of nitrogens with zero attached hydrogens (tertiary/aromatic N) is 5. The molecule has 2 amide bonds. The minimum absolute atomic E-state index is 0.0758. The Labute approximate surface area is 210 Å². The molecule has 2 aromatic rings. The Balaban J connectivity index is 0.000000405. The van der Waals surface area contributed by atoms with Crippen LogP contribution in [0.5, 0.6) is 0 Å². The van der Waals surface area contributed by atoms with E-state index in [0.29, 0.717) is 18.8 Å². The van der Waals surface area contributed by atoms with Gasteiger partial charge in [0.15, 0.2) is 0 Å². The first-order valence-corrected chi connectivity index (χ1v) is 11.8. The number of nitrogens with one attached hydrogen (secondary N) is 1. The van der Waals surface area contributed by atoms with E-state index in [1.807, 2.05) is 17.2 Å². The van der Waals surface area contributed by atoms with Gasteiger partial charge in [-0.3, -0.25) is 24.5 Å². The number of carbonyl (C=O) groups is 3. The number of carbonyl (C=O) groups excluding carboxylic acids is 2. The monoisotopic (exact) mass is 520 g/mol. The van der Waals surface area contributed by atoms with Crippen LogP contribution in [0.15, 0.2) is 43.1 Å². The van der Waals surface area contributed by atoms with Crippen molar-refractivity contribution in [3.63, 3.8) is 0 Å². The summed E-state index contributed by atoms with van der Waals surface area (Å²) >= 11 is 0. The Kier molecular flexibility index (Phi) is 7.44. The minimum atomic E-state index is -5.08. The summed E-state index contributed by atoms with van der Waals surface area (Å²) in [5.41, 5.74) is 1.08. The molecule has 198 valence electrons. The van der Waals surface area contributed by atoms with Gasteiger partial charge in [0, 0.05) is 69.5 Å². The number of amides is 2. The van der Waals surface area contributed by atoms with E-state index in [4.69, 9.17) is 9.90 Å². The van der Waals surface area contributed by atoms with Crippen molar-refractivity contribution in [1.29, 1.82) is 0 Å². The Hall–Kier alpha value is -3.61. The van der Waals surface area contributed by atoms with Crippen LogP contribution in [0.1, 0.15) is 35.3 Å². The zero-order valence-electron chi connectivity index (χ0n) is 19.9. The number of alkyl halides is 3. The molecule has 3 saturated heterocycles. The fourth-order valence-corrected chi connectivity index (χ4v) is 5.72. The van der Waals surface area contributed by atoms with Gasteiger partial charge >= 0.3 is 12.1 Å². The van der Waals surface area contributed by atoms with E-state index in [1.165, 1.54) is 11.8 Å². The first-order chi connectivity index (χ1) is 17.6. The Morgan fingerprint density at radius 1 is 1.05 bits per heavy atom. The second-order valence-corrected chi connectivity index (χ2v) is 9.56. The van der Waals surface area contributed by atoms with Crippen LogP contribution in [0.2, 0.25) is 0 Å². The van der Waals surface area contributed by atoms with Gasteiger partial charge in [0.1, 0.15) is 5.69 Å². The highest BCUT2D eigenvalue weighted by atomic mass is 19.4. The van der Waals surface area contributed by atoms with Crippen molar-refractivity contribution in [3.05, 3.63) is 54.4 Å². The lowest BCUT2D eigenvalue weighted by atomic mass is 9.60. The van der Waals surface area contributed by atoms with Crippen molar-refractivity contribution in [1.82, 2.24) is 30.1 Å². The maximum Gasteiger partial charge on any atom is 0.490 e. The lowest BCUT2D eigenvalue weighted by molar-refractivity contribution is -0.192. The highest BCUT2D eigenvalue weighted by molar-refractivity contribution is 5.92. The number of carboxylic acids is 1. The molecule has 1 unspecified atom stereocenters. The van der Waals surface area contributed by atoms with Crippen LogP contribution in [-0.4, -0.2) is 86.5 Å². The van der Waals surface area contributed by atoms with Crippen molar-refractivity contribution < 1.29 is 32.7 Å². The fraction of sp³-hybridized carbons (Fsp3) is 0.500. The van der Waals surface area contributed by atoms with Crippen molar-refractivity contribution in [3.8, 4) is 0 Å². The Bertz CT molecular complexity index is 1130. The van der Waals surface area contributed by atoms with E-state index in [1.54, 1.807) is 18.6 Å². The van der Waals surface area contributed by atoms with Crippen LogP contribution in [-0.2, 0) is 16.1 Å². The zero-order chi connectivity index (χ0) is 26.7. The molecule has 2 spiro atoms. The molecular formula is C24H27F3N6O4. The molecule has 1 atom stereocenters. The summed E-state index contributed by atoms with van der Waals surface area (Å²) in [5, 5.41) is 10.2. The van der Waals surface area contributed by atoms with Crippen LogP contribution < -0.4 is 5.32 Å². The number of rotatable bonds is 3. The lowest BCUT2D eigenvalue weighted by Crippen LogP contribution is -2.53. The molecule has 3 aliphatic rings. The number of likely N-dealkylation sites (tertiary alicyclic amines) is 2. The summed E-state index contributed by atoms with van der Waals surface area (Å²) in [6.45, 7) is 4.47. The van der Waals surface area contributed by atoms with Crippen molar-refractivity contribution in [2.45, 2.75) is 32.0 Å². The predicted molar refractivity (Wildman–Crippen MR) is 123 cm³/mol. The number of hydrogen-bond donors (Lipinski definition) is 2. The lowest BCUT2D eigenvalue weighted by Gasteiger charge is -2.46. The third-order valence-corrected chi connectivity index (χ3v) is 7.47. The van der Waals surface area contributed by atoms with Gasteiger partial charge in [0.05, 0.1) is 11.6 Å². The molecule has 0 aromatic carbocycles. The van der Waals surface area contributed by atoms with Gasteiger partial charge in [-0.1, -0.05) is 6.07 Å².